The quantitative estimate of drug-likeness (QED) is 0.175. The Morgan fingerprint density at radius 2 is 0.949 bits per heavy atom. The Kier molecular flexibility index (Phi) is 7.20. The van der Waals surface area contributed by atoms with Crippen LogP contribution in [0.3, 0.4) is 0 Å². The lowest BCUT2D eigenvalue weighted by Crippen LogP contribution is -2.16. The summed E-state index contributed by atoms with van der Waals surface area (Å²) in [6.45, 7) is 4.69. The minimum atomic E-state index is -0.112. The molecule has 3 heterocycles. The number of hydrogen-bond acceptors (Lipinski definition) is 5. The maximum absolute atomic E-state index is 6.53. The zero-order valence-electron chi connectivity index (χ0n) is 32.4. The van der Waals surface area contributed by atoms with Crippen molar-refractivity contribution in [3.63, 3.8) is 0 Å². The van der Waals surface area contributed by atoms with Gasteiger partial charge < -0.3 is 8.83 Å². The average Bonchev–Trinajstić information content (AvgIpc) is 3.93. The van der Waals surface area contributed by atoms with E-state index in [-0.39, 0.29) is 5.41 Å². The molecule has 5 nitrogen and oxygen atoms in total. The van der Waals surface area contributed by atoms with Crippen LogP contribution < -0.4 is 0 Å². The highest BCUT2D eigenvalue weighted by molar-refractivity contribution is 6.13. The lowest BCUT2D eigenvalue weighted by molar-refractivity contribution is 0.662. The monoisotopic (exact) mass is 757 g/mol. The summed E-state index contributed by atoms with van der Waals surface area (Å²) >= 11 is 0. The van der Waals surface area contributed by atoms with Crippen molar-refractivity contribution in [2.75, 3.05) is 0 Å². The van der Waals surface area contributed by atoms with Crippen molar-refractivity contribution in [2.45, 2.75) is 19.3 Å². The number of para-hydroxylation sites is 1. The van der Waals surface area contributed by atoms with Crippen molar-refractivity contribution in [2.24, 2.45) is 0 Å². The van der Waals surface area contributed by atoms with E-state index in [0.717, 1.165) is 71.7 Å². The smallest absolute Gasteiger partial charge is 0.164 e. The van der Waals surface area contributed by atoms with Gasteiger partial charge in [0.25, 0.3) is 0 Å². The third-order valence-corrected chi connectivity index (χ3v) is 12.1. The van der Waals surface area contributed by atoms with Gasteiger partial charge in [-0.05, 0) is 87.0 Å². The minimum absolute atomic E-state index is 0.112. The first-order valence-electron chi connectivity index (χ1n) is 20.0. The molecule has 0 bridgehead atoms. The first-order chi connectivity index (χ1) is 29.0. The Bertz CT molecular complexity index is 3480. The molecule has 0 atom stereocenters. The summed E-state index contributed by atoms with van der Waals surface area (Å²) in [5, 5.41) is 4.10. The molecule has 0 fully saturated rings. The maximum Gasteiger partial charge on any atom is 0.164 e. The molecular weight excluding hydrogens is 723 g/mol. The van der Waals surface area contributed by atoms with Crippen LogP contribution in [0.25, 0.3) is 111 Å². The van der Waals surface area contributed by atoms with Crippen molar-refractivity contribution in [3.05, 3.63) is 187 Å². The Balaban J connectivity index is 1.00. The molecule has 278 valence electrons. The second kappa shape index (κ2) is 12.7. The van der Waals surface area contributed by atoms with Crippen LogP contribution in [0.4, 0.5) is 0 Å². The molecular formula is C54H35N3O2. The zero-order valence-corrected chi connectivity index (χ0v) is 32.4. The van der Waals surface area contributed by atoms with E-state index in [2.05, 4.69) is 123 Å². The molecule has 0 unspecified atom stereocenters. The van der Waals surface area contributed by atoms with Crippen LogP contribution in [0.15, 0.2) is 185 Å². The second-order valence-electron chi connectivity index (χ2n) is 16.0. The van der Waals surface area contributed by atoms with Crippen LogP contribution in [0.1, 0.15) is 25.0 Å². The fourth-order valence-corrected chi connectivity index (χ4v) is 9.35. The molecule has 0 N–H and O–H groups in total. The molecule has 12 rings (SSSR count). The van der Waals surface area contributed by atoms with Gasteiger partial charge in [0.05, 0.1) is 0 Å². The van der Waals surface area contributed by atoms with Gasteiger partial charge in [-0.25, -0.2) is 15.0 Å². The van der Waals surface area contributed by atoms with E-state index in [4.69, 9.17) is 23.8 Å². The number of hydrogen-bond donors (Lipinski definition) is 0. The molecule has 8 aromatic carbocycles. The van der Waals surface area contributed by atoms with E-state index in [0.29, 0.717) is 17.5 Å². The lowest BCUT2D eigenvalue weighted by atomic mass is 9.78. The van der Waals surface area contributed by atoms with Gasteiger partial charge in [0.2, 0.25) is 0 Å². The maximum atomic E-state index is 6.53. The normalized spacial score (nSPS) is 13.1. The van der Waals surface area contributed by atoms with Crippen molar-refractivity contribution in [1.29, 1.82) is 0 Å². The van der Waals surface area contributed by atoms with Gasteiger partial charge in [-0.3, -0.25) is 0 Å². The number of nitrogens with zero attached hydrogens (tertiary/aromatic N) is 3. The van der Waals surface area contributed by atoms with Gasteiger partial charge in [0.1, 0.15) is 22.3 Å². The highest BCUT2D eigenvalue weighted by Gasteiger charge is 2.37. The van der Waals surface area contributed by atoms with Gasteiger partial charge >= 0.3 is 0 Å². The van der Waals surface area contributed by atoms with E-state index in [1.54, 1.807) is 0 Å². The zero-order chi connectivity index (χ0) is 39.2. The Morgan fingerprint density at radius 3 is 1.86 bits per heavy atom. The molecule has 3 aromatic heterocycles. The molecule has 0 aliphatic heterocycles. The second-order valence-corrected chi connectivity index (χ2v) is 16.0. The van der Waals surface area contributed by atoms with Crippen LogP contribution in [-0.4, -0.2) is 15.0 Å². The van der Waals surface area contributed by atoms with Crippen molar-refractivity contribution in [1.82, 2.24) is 15.0 Å². The molecule has 1 aliphatic carbocycles. The summed E-state index contributed by atoms with van der Waals surface area (Å²) in [7, 11) is 0. The van der Waals surface area contributed by atoms with Crippen molar-refractivity contribution >= 4 is 43.9 Å². The third-order valence-electron chi connectivity index (χ3n) is 12.1. The summed E-state index contributed by atoms with van der Waals surface area (Å²) < 4.78 is 12.8. The van der Waals surface area contributed by atoms with Crippen LogP contribution in [0.2, 0.25) is 0 Å². The van der Waals surface area contributed by atoms with Gasteiger partial charge in [0, 0.05) is 43.7 Å². The lowest BCUT2D eigenvalue weighted by Gasteiger charge is -2.24. The SMILES string of the molecule is CC1(C)c2ccccc2-c2cccc(-c3cccc(-c4ccc5oc6cccc(-c7nc(-c8ccccc8)nc(-c8ccc9c(c8)oc8ccccc89)n7)c6c5c4)c3)c21. The Hall–Kier alpha value is -7.63. The van der Waals surface area contributed by atoms with E-state index < -0.39 is 0 Å². The molecule has 59 heavy (non-hydrogen) atoms. The Morgan fingerprint density at radius 1 is 0.356 bits per heavy atom. The highest BCUT2D eigenvalue weighted by atomic mass is 16.3. The number of benzene rings is 8. The van der Waals surface area contributed by atoms with E-state index >= 15 is 0 Å². The largest absolute Gasteiger partial charge is 0.456 e. The van der Waals surface area contributed by atoms with E-state index in [9.17, 15) is 0 Å². The van der Waals surface area contributed by atoms with Gasteiger partial charge in [-0.15, -0.1) is 0 Å². The Labute approximate surface area is 340 Å². The van der Waals surface area contributed by atoms with Gasteiger partial charge in [-0.2, -0.15) is 0 Å². The summed E-state index contributed by atoms with van der Waals surface area (Å²) in [6, 6.07) is 61.4. The van der Waals surface area contributed by atoms with Crippen LogP contribution in [0.5, 0.6) is 0 Å². The first kappa shape index (κ1) is 33.5. The molecule has 0 amide bonds. The fraction of sp³-hybridized carbons (Fsp3) is 0.0556. The van der Waals surface area contributed by atoms with Crippen molar-refractivity contribution in [3.8, 4) is 67.5 Å². The topological polar surface area (TPSA) is 65.0 Å². The number of rotatable bonds is 5. The number of aromatic nitrogens is 3. The van der Waals surface area contributed by atoms with Crippen LogP contribution in [0, 0.1) is 0 Å². The average molecular weight is 758 g/mol. The predicted molar refractivity (Wildman–Crippen MR) is 239 cm³/mol. The minimum Gasteiger partial charge on any atom is -0.456 e. The van der Waals surface area contributed by atoms with E-state index in [1.807, 2.05) is 66.7 Å². The first-order valence-corrected chi connectivity index (χ1v) is 20.0. The van der Waals surface area contributed by atoms with Crippen LogP contribution >= 0.6 is 0 Å². The van der Waals surface area contributed by atoms with Crippen LogP contribution in [-0.2, 0) is 5.41 Å². The molecule has 1 aliphatic rings. The molecule has 0 saturated carbocycles. The van der Waals surface area contributed by atoms with E-state index in [1.165, 1.54) is 33.4 Å². The van der Waals surface area contributed by atoms with Gasteiger partial charge in [-0.1, -0.05) is 147 Å². The molecule has 0 saturated heterocycles. The summed E-state index contributed by atoms with van der Waals surface area (Å²) in [4.78, 5) is 15.3. The van der Waals surface area contributed by atoms with Gasteiger partial charge in [0.15, 0.2) is 17.5 Å². The molecule has 11 aromatic rings. The number of furan rings is 2. The summed E-state index contributed by atoms with van der Waals surface area (Å²) in [5.74, 6) is 1.73. The molecule has 0 radical (unpaired) electrons. The summed E-state index contributed by atoms with van der Waals surface area (Å²) in [5.41, 5.74) is 15.8. The standard InChI is InChI=1S/C54H35N3O2/c1-54(2)44-22-8-6-17-38(44)41-20-11-19-37(50(41)54)35-16-10-15-33(29-35)34-26-28-46-43(30-34)49-42(21-12-24-47(49)58-46)53-56-51(32-13-4-3-5-14-32)55-52(57-53)36-25-27-40-39-18-7-9-23-45(39)59-48(40)31-36/h3-31H,1-2H3. The fourth-order valence-electron chi connectivity index (χ4n) is 9.35. The number of fused-ring (bicyclic) bond motifs is 9. The van der Waals surface area contributed by atoms with Crippen molar-refractivity contribution < 1.29 is 8.83 Å². The third kappa shape index (κ3) is 5.21. The summed E-state index contributed by atoms with van der Waals surface area (Å²) in [6.07, 6.45) is 0. The predicted octanol–water partition coefficient (Wildman–Crippen LogP) is 14.3. The highest BCUT2D eigenvalue weighted by Crippen LogP contribution is 2.52. The molecule has 5 heteroatoms. The molecule has 0 spiro atoms.